The fourth-order valence-corrected chi connectivity index (χ4v) is 6.13. The van der Waals surface area contributed by atoms with Crippen molar-refractivity contribution in [3.63, 3.8) is 0 Å². The maximum Gasteiger partial charge on any atom is 0.252 e. The molecule has 6 nitrogen and oxygen atoms in total. The quantitative estimate of drug-likeness (QED) is 0.726. The molecule has 33 heavy (non-hydrogen) atoms. The van der Waals surface area contributed by atoms with Gasteiger partial charge >= 0.3 is 0 Å². The van der Waals surface area contributed by atoms with Crippen molar-refractivity contribution in [1.82, 2.24) is 15.5 Å². The van der Waals surface area contributed by atoms with Crippen molar-refractivity contribution in [2.45, 2.75) is 50.7 Å². The van der Waals surface area contributed by atoms with E-state index >= 15 is 0 Å². The smallest absolute Gasteiger partial charge is 0.252 e. The molecule has 3 heterocycles. The second-order valence-electron chi connectivity index (χ2n) is 9.62. The minimum Gasteiger partial charge on any atom is -0.493 e. The standard InChI is InChI=1S/C27H35N3O3/c1-17(18-8-5-4-6-9-18)29-27(31)21-14-24(32-2)26(33-3)20-11-13-30-16-19-10-7-12-28-22(19)15-23(30)25(20)21/h4-6,8-9,14,17,19,22-23,28H,7,10-13,15-16H2,1-3H3,(H,29,31)/t17-,19-,22+,23+/m1/s1. The molecule has 6 heteroatoms. The molecule has 2 aromatic rings. The Labute approximate surface area is 196 Å². The van der Waals surface area contributed by atoms with Crippen LogP contribution in [0.5, 0.6) is 11.5 Å². The van der Waals surface area contributed by atoms with Crippen molar-refractivity contribution < 1.29 is 14.3 Å². The van der Waals surface area contributed by atoms with Crippen LogP contribution in [-0.2, 0) is 6.42 Å². The SMILES string of the molecule is COc1cc(C(=O)N[C@H](C)c2ccccc2)c2c(c1OC)CCN1C[C@H]3CCCN[C@H]3C[C@@H]21. The Morgan fingerprint density at radius 3 is 2.79 bits per heavy atom. The van der Waals surface area contributed by atoms with Crippen LogP contribution in [0.1, 0.15) is 65.3 Å². The van der Waals surface area contributed by atoms with Crippen molar-refractivity contribution in [3.05, 3.63) is 58.7 Å². The number of nitrogens with one attached hydrogen (secondary N) is 2. The minimum atomic E-state index is -0.0853. The molecule has 4 atom stereocenters. The molecule has 0 spiro atoms. The van der Waals surface area contributed by atoms with Gasteiger partial charge in [0.25, 0.3) is 5.91 Å². The van der Waals surface area contributed by atoms with E-state index in [0.29, 0.717) is 17.7 Å². The van der Waals surface area contributed by atoms with E-state index < -0.39 is 0 Å². The zero-order valence-electron chi connectivity index (χ0n) is 19.9. The van der Waals surface area contributed by atoms with Crippen molar-refractivity contribution in [2.75, 3.05) is 33.9 Å². The maximum atomic E-state index is 13.7. The van der Waals surface area contributed by atoms with Crippen LogP contribution >= 0.6 is 0 Å². The van der Waals surface area contributed by atoms with Gasteiger partial charge in [-0.2, -0.15) is 0 Å². The third kappa shape index (κ3) is 4.11. The van der Waals surface area contributed by atoms with E-state index in [1.165, 1.54) is 12.8 Å². The molecule has 2 saturated heterocycles. The summed E-state index contributed by atoms with van der Waals surface area (Å²) in [4.78, 5) is 16.3. The van der Waals surface area contributed by atoms with Gasteiger partial charge in [0.05, 0.1) is 20.3 Å². The predicted molar refractivity (Wildman–Crippen MR) is 129 cm³/mol. The highest BCUT2D eigenvalue weighted by Crippen LogP contribution is 2.47. The second kappa shape index (κ2) is 9.35. The Morgan fingerprint density at radius 2 is 2.03 bits per heavy atom. The van der Waals surface area contributed by atoms with Gasteiger partial charge in [-0.1, -0.05) is 30.3 Å². The number of methoxy groups -OCH3 is 2. The molecule has 0 saturated carbocycles. The highest BCUT2D eigenvalue weighted by Gasteiger charge is 2.42. The summed E-state index contributed by atoms with van der Waals surface area (Å²) in [7, 11) is 3.34. The van der Waals surface area contributed by atoms with Crippen LogP contribution in [0.25, 0.3) is 0 Å². The molecule has 0 unspecified atom stereocenters. The topological polar surface area (TPSA) is 62.8 Å². The van der Waals surface area contributed by atoms with Gasteiger partial charge in [-0.05, 0) is 62.3 Å². The number of benzene rings is 2. The molecule has 0 aromatic heterocycles. The summed E-state index contributed by atoms with van der Waals surface area (Å²) in [5.74, 6) is 2.06. The minimum absolute atomic E-state index is 0.0517. The van der Waals surface area contributed by atoms with E-state index in [0.717, 1.165) is 60.5 Å². The zero-order valence-corrected chi connectivity index (χ0v) is 19.9. The summed E-state index contributed by atoms with van der Waals surface area (Å²) in [5, 5.41) is 6.99. The lowest BCUT2D eigenvalue weighted by Gasteiger charge is -2.49. The number of carbonyl (C=O) groups excluding carboxylic acids is 1. The number of carbonyl (C=O) groups is 1. The number of amides is 1. The van der Waals surface area contributed by atoms with Crippen molar-refractivity contribution >= 4 is 5.91 Å². The van der Waals surface area contributed by atoms with Gasteiger partial charge in [0, 0.05) is 36.3 Å². The third-order valence-electron chi connectivity index (χ3n) is 7.80. The van der Waals surface area contributed by atoms with E-state index in [1.54, 1.807) is 14.2 Å². The van der Waals surface area contributed by atoms with Gasteiger partial charge in [-0.25, -0.2) is 0 Å². The molecular formula is C27H35N3O3. The first-order valence-electron chi connectivity index (χ1n) is 12.2. The lowest BCUT2D eigenvalue weighted by Crippen LogP contribution is -2.55. The van der Waals surface area contributed by atoms with E-state index in [4.69, 9.17) is 9.47 Å². The van der Waals surface area contributed by atoms with E-state index in [1.807, 2.05) is 43.3 Å². The molecule has 2 aromatic carbocycles. The van der Waals surface area contributed by atoms with Crippen molar-refractivity contribution in [3.8, 4) is 11.5 Å². The van der Waals surface area contributed by atoms with Crippen molar-refractivity contribution in [2.24, 2.45) is 5.92 Å². The second-order valence-corrected chi connectivity index (χ2v) is 9.62. The van der Waals surface area contributed by atoms with Gasteiger partial charge in [0.1, 0.15) is 0 Å². The zero-order chi connectivity index (χ0) is 22.9. The Morgan fingerprint density at radius 1 is 1.21 bits per heavy atom. The number of piperidine rings is 2. The fourth-order valence-electron chi connectivity index (χ4n) is 6.13. The summed E-state index contributed by atoms with van der Waals surface area (Å²) < 4.78 is 11.5. The average molecular weight is 450 g/mol. The molecule has 2 fully saturated rings. The number of nitrogens with zero attached hydrogens (tertiary/aromatic N) is 1. The van der Waals surface area contributed by atoms with E-state index in [2.05, 4.69) is 15.5 Å². The van der Waals surface area contributed by atoms with Crippen LogP contribution in [0.3, 0.4) is 0 Å². The number of ether oxygens (including phenoxy) is 2. The number of rotatable bonds is 5. The molecule has 0 aliphatic carbocycles. The van der Waals surface area contributed by atoms with Gasteiger partial charge in [0.2, 0.25) is 0 Å². The van der Waals surface area contributed by atoms with Crippen LogP contribution < -0.4 is 20.1 Å². The average Bonchev–Trinajstić information content (AvgIpc) is 2.86. The van der Waals surface area contributed by atoms with Crippen LogP contribution in [0, 0.1) is 5.92 Å². The van der Waals surface area contributed by atoms with E-state index in [-0.39, 0.29) is 18.0 Å². The predicted octanol–water partition coefficient (Wildman–Crippen LogP) is 3.87. The molecule has 5 rings (SSSR count). The summed E-state index contributed by atoms with van der Waals surface area (Å²) >= 11 is 0. The van der Waals surface area contributed by atoms with Crippen LogP contribution in [0.2, 0.25) is 0 Å². The maximum absolute atomic E-state index is 13.7. The molecule has 176 valence electrons. The van der Waals surface area contributed by atoms with Crippen molar-refractivity contribution in [1.29, 1.82) is 0 Å². The summed E-state index contributed by atoms with van der Waals surface area (Å²) in [5.41, 5.74) is 4.07. The van der Waals surface area contributed by atoms with E-state index in [9.17, 15) is 4.79 Å². The highest BCUT2D eigenvalue weighted by molar-refractivity contribution is 5.97. The monoisotopic (exact) mass is 449 g/mol. The summed E-state index contributed by atoms with van der Waals surface area (Å²) in [6.07, 6.45) is 4.45. The summed E-state index contributed by atoms with van der Waals surface area (Å²) in [6, 6.07) is 12.6. The third-order valence-corrected chi connectivity index (χ3v) is 7.80. The molecular weight excluding hydrogens is 414 g/mol. The Kier molecular flexibility index (Phi) is 6.30. The van der Waals surface area contributed by atoms with Crippen LogP contribution in [0.4, 0.5) is 0 Å². The van der Waals surface area contributed by atoms with Gasteiger partial charge in [0.15, 0.2) is 11.5 Å². The first kappa shape index (κ1) is 22.2. The molecule has 3 aliphatic heterocycles. The summed E-state index contributed by atoms with van der Waals surface area (Å²) in [6.45, 7) is 5.21. The number of fused-ring (bicyclic) bond motifs is 4. The Balaban J connectivity index is 1.53. The Bertz CT molecular complexity index is 1010. The largest absolute Gasteiger partial charge is 0.493 e. The lowest BCUT2D eigenvalue weighted by molar-refractivity contribution is 0.0537. The van der Waals surface area contributed by atoms with Crippen LogP contribution in [0.15, 0.2) is 36.4 Å². The normalized spacial score (nSPS) is 25.2. The molecule has 0 bridgehead atoms. The fraction of sp³-hybridized carbons (Fsp3) is 0.519. The number of hydrogen-bond acceptors (Lipinski definition) is 5. The van der Waals surface area contributed by atoms with Crippen LogP contribution in [-0.4, -0.2) is 50.7 Å². The Hall–Kier alpha value is -2.57. The molecule has 3 aliphatic rings. The molecule has 0 radical (unpaired) electrons. The molecule has 1 amide bonds. The lowest BCUT2D eigenvalue weighted by atomic mass is 9.76. The van der Waals surface area contributed by atoms with Gasteiger partial charge in [-0.3, -0.25) is 9.69 Å². The molecule has 2 N–H and O–H groups in total. The highest BCUT2D eigenvalue weighted by atomic mass is 16.5. The van der Waals surface area contributed by atoms with Gasteiger partial charge < -0.3 is 20.1 Å². The number of hydrogen-bond donors (Lipinski definition) is 2. The van der Waals surface area contributed by atoms with Gasteiger partial charge in [-0.15, -0.1) is 0 Å². The first-order chi connectivity index (χ1) is 16.1. The first-order valence-corrected chi connectivity index (χ1v) is 12.2.